The molecule has 118 valence electrons. The summed E-state index contributed by atoms with van der Waals surface area (Å²) in [6.45, 7) is 9.61. The average molecular weight is 294 g/mol. The summed E-state index contributed by atoms with van der Waals surface area (Å²) in [6.07, 6.45) is 1.14. The summed E-state index contributed by atoms with van der Waals surface area (Å²) in [5.41, 5.74) is 0.631. The molecule has 0 saturated heterocycles. The van der Waals surface area contributed by atoms with Crippen LogP contribution in [0.5, 0.6) is 0 Å². The maximum Gasteiger partial charge on any atom is 0.303 e. The number of carbonyl (C=O) groups excluding carboxylic acids is 1. The van der Waals surface area contributed by atoms with Crippen molar-refractivity contribution < 1.29 is 19.7 Å². The van der Waals surface area contributed by atoms with E-state index in [1.807, 2.05) is 0 Å². The second kappa shape index (κ2) is 4.11. The minimum absolute atomic E-state index is 0.0370. The fourth-order valence-corrected chi connectivity index (χ4v) is 4.62. The van der Waals surface area contributed by atoms with Crippen LogP contribution in [0.15, 0.2) is 11.1 Å². The zero-order chi connectivity index (χ0) is 15.8. The molecule has 1 fully saturated rings. The number of hydrogen-bond donors (Lipinski definition) is 2. The zero-order valence-electron chi connectivity index (χ0n) is 13.6. The van der Waals surface area contributed by atoms with Gasteiger partial charge in [0.15, 0.2) is 6.10 Å². The van der Waals surface area contributed by atoms with E-state index >= 15 is 0 Å². The molecule has 0 aromatic heterocycles. The molecular formula is C17H26O4. The van der Waals surface area contributed by atoms with Crippen LogP contribution in [-0.2, 0) is 9.53 Å². The fourth-order valence-electron chi connectivity index (χ4n) is 4.62. The summed E-state index contributed by atoms with van der Waals surface area (Å²) in [5.74, 6) is 0.145. The van der Waals surface area contributed by atoms with E-state index in [0.717, 1.165) is 30.4 Å². The third kappa shape index (κ3) is 2.07. The van der Waals surface area contributed by atoms with Gasteiger partial charge in [0, 0.05) is 6.92 Å². The molecule has 5 unspecified atom stereocenters. The number of rotatable bonds is 1. The normalized spacial score (nSPS) is 47.5. The third-order valence-electron chi connectivity index (χ3n) is 5.86. The molecule has 5 atom stereocenters. The maximum absolute atomic E-state index is 11.4. The van der Waals surface area contributed by atoms with Gasteiger partial charge in [-0.25, -0.2) is 0 Å². The van der Waals surface area contributed by atoms with Gasteiger partial charge in [0.05, 0.1) is 0 Å². The Balaban J connectivity index is 2.12. The number of ether oxygens (including phenoxy) is 1. The van der Waals surface area contributed by atoms with E-state index in [1.165, 1.54) is 6.92 Å². The van der Waals surface area contributed by atoms with E-state index in [-0.39, 0.29) is 10.8 Å². The molecule has 0 amide bonds. The van der Waals surface area contributed by atoms with Crippen LogP contribution in [-0.4, -0.2) is 34.0 Å². The Bertz CT molecular complexity index is 531. The minimum Gasteiger partial charge on any atom is -0.455 e. The van der Waals surface area contributed by atoms with Crippen LogP contribution >= 0.6 is 0 Å². The monoisotopic (exact) mass is 294 g/mol. The van der Waals surface area contributed by atoms with Crippen LogP contribution in [0, 0.1) is 16.7 Å². The Morgan fingerprint density at radius 2 is 1.86 bits per heavy atom. The maximum atomic E-state index is 11.4. The lowest BCUT2D eigenvalue weighted by molar-refractivity contribution is -0.155. The first-order valence-corrected chi connectivity index (χ1v) is 7.81. The second-order valence-electron chi connectivity index (χ2n) is 8.38. The zero-order valence-corrected chi connectivity index (χ0v) is 13.6. The lowest BCUT2D eigenvalue weighted by Crippen LogP contribution is -2.44. The van der Waals surface area contributed by atoms with E-state index in [9.17, 15) is 15.0 Å². The van der Waals surface area contributed by atoms with Crippen molar-refractivity contribution in [2.75, 3.05) is 0 Å². The third-order valence-corrected chi connectivity index (χ3v) is 5.86. The van der Waals surface area contributed by atoms with Gasteiger partial charge in [-0.1, -0.05) is 20.8 Å². The highest BCUT2D eigenvalue weighted by atomic mass is 16.6. The topological polar surface area (TPSA) is 66.8 Å². The Hall–Kier alpha value is -0.870. The number of aliphatic hydroxyl groups excluding tert-OH is 1. The molecule has 0 spiro atoms. The fraction of sp³-hybridized carbons (Fsp3) is 0.824. The molecule has 3 aliphatic carbocycles. The summed E-state index contributed by atoms with van der Waals surface area (Å²) in [5, 5.41) is 21.4. The van der Waals surface area contributed by atoms with Gasteiger partial charge in [0.25, 0.3) is 0 Å². The highest BCUT2D eigenvalue weighted by Crippen LogP contribution is 2.68. The van der Waals surface area contributed by atoms with Gasteiger partial charge in [-0.2, -0.15) is 0 Å². The van der Waals surface area contributed by atoms with Crippen LogP contribution in [0.3, 0.4) is 0 Å². The number of carbonyl (C=O) groups is 1. The van der Waals surface area contributed by atoms with Crippen molar-refractivity contribution in [1.82, 2.24) is 0 Å². The van der Waals surface area contributed by atoms with E-state index in [1.54, 1.807) is 6.92 Å². The Morgan fingerprint density at radius 3 is 2.43 bits per heavy atom. The molecule has 0 aromatic carbocycles. The molecule has 3 aliphatic rings. The van der Waals surface area contributed by atoms with Gasteiger partial charge in [-0.05, 0) is 54.1 Å². The number of fused-ring (bicyclic) bond motifs is 2. The molecule has 0 aromatic rings. The number of aliphatic hydroxyl groups is 2. The first-order valence-electron chi connectivity index (χ1n) is 7.81. The van der Waals surface area contributed by atoms with E-state index in [4.69, 9.17) is 4.74 Å². The van der Waals surface area contributed by atoms with Crippen molar-refractivity contribution in [2.24, 2.45) is 16.7 Å². The molecular weight excluding hydrogens is 268 g/mol. The van der Waals surface area contributed by atoms with Crippen molar-refractivity contribution in [1.29, 1.82) is 0 Å². The van der Waals surface area contributed by atoms with E-state index in [2.05, 4.69) is 20.8 Å². The van der Waals surface area contributed by atoms with Crippen molar-refractivity contribution >= 4 is 5.97 Å². The molecule has 4 nitrogen and oxygen atoms in total. The Labute approximate surface area is 126 Å². The molecule has 0 heterocycles. The van der Waals surface area contributed by atoms with E-state index in [0.29, 0.717) is 5.92 Å². The van der Waals surface area contributed by atoms with Crippen LogP contribution in [0.1, 0.15) is 53.9 Å². The highest BCUT2D eigenvalue weighted by Gasteiger charge is 2.65. The Kier molecular flexibility index (Phi) is 2.94. The summed E-state index contributed by atoms with van der Waals surface area (Å²) in [7, 11) is 0. The average Bonchev–Trinajstić information content (AvgIpc) is 2.90. The van der Waals surface area contributed by atoms with Crippen molar-refractivity contribution in [3.8, 4) is 0 Å². The van der Waals surface area contributed by atoms with Gasteiger partial charge >= 0.3 is 5.97 Å². The predicted molar refractivity (Wildman–Crippen MR) is 78.4 cm³/mol. The molecule has 0 bridgehead atoms. The largest absolute Gasteiger partial charge is 0.455 e. The quantitative estimate of drug-likeness (QED) is 0.574. The minimum atomic E-state index is -1.31. The van der Waals surface area contributed by atoms with Crippen LogP contribution in [0.4, 0.5) is 0 Å². The van der Waals surface area contributed by atoms with Crippen molar-refractivity contribution in [3.63, 3.8) is 0 Å². The molecule has 0 radical (unpaired) electrons. The van der Waals surface area contributed by atoms with Crippen molar-refractivity contribution in [3.05, 3.63) is 11.1 Å². The standard InChI is InChI=1S/C17H26O4/c1-9(18)21-13-12-11(17(5,20)14(13)19)8-15(2,3)6-10-7-16(10,12)4/h10,13-14,19-20H,6-8H2,1-5H3. The van der Waals surface area contributed by atoms with Crippen LogP contribution < -0.4 is 0 Å². The second-order valence-corrected chi connectivity index (χ2v) is 8.38. The lowest BCUT2D eigenvalue weighted by atomic mass is 9.78. The van der Waals surface area contributed by atoms with Gasteiger partial charge in [0.2, 0.25) is 0 Å². The van der Waals surface area contributed by atoms with Crippen LogP contribution in [0.25, 0.3) is 0 Å². The Morgan fingerprint density at radius 1 is 1.24 bits per heavy atom. The first kappa shape index (κ1) is 15.0. The molecule has 3 rings (SSSR count). The lowest BCUT2D eigenvalue weighted by Gasteiger charge is -2.32. The van der Waals surface area contributed by atoms with E-state index < -0.39 is 23.8 Å². The molecule has 0 aliphatic heterocycles. The first-order chi connectivity index (χ1) is 9.49. The molecule has 4 heteroatoms. The molecule has 1 saturated carbocycles. The van der Waals surface area contributed by atoms with Gasteiger partial charge in [-0.3, -0.25) is 4.79 Å². The van der Waals surface area contributed by atoms with Crippen LogP contribution in [0.2, 0.25) is 0 Å². The van der Waals surface area contributed by atoms with Gasteiger partial charge in [0.1, 0.15) is 11.7 Å². The predicted octanol–water partition coefficient (Wildman–Crippen LogP) is 2.19. The van der Waals surface area contributed by atoms with Gasteiger partial charge in [-0.15, -0.1) is 0 Å². The molecule has 21 heavy (non-hydrogen) atoms. The summed E-state index contributed by atoms with van der Waals surface area (Å²) in [4.78, 5) is 11.4. The SMILES string of the molecule is CC(=O)OC1C2=C(CC(C)(C)CC3CC23C)C(C)(O)C1O. The highest BCUT2D eigenvalue weighted by molar-refractivity contribution is 5.67. The summed E-state index contributed by atoms with van der Waals surface area (Å²) in [6, 6.07) is 0. The molecule has 2 N–H and O–H groups in total. The summed E-state index contributed by atoms with van der Waals surface area (Å²) < 4.78 is 5.41. The smallest absolute Gasteiger partial charge is 0.303 e. The van der Waals surface area contributed by atoms with Gasteiger partial charge < -0.3 is 14.9 Å². The number of hydrogen-bond acceptors (Lipinski definition) is 4. The number of esters is 1. The summed E-state index contributed by atoms with van der Waals surface area (Å²) >= 11 is 0. The van der Waals surface area contributed by atoms with Crippen molar-refractivity contribution in [2.45, 2.75) is 71.7 Å².